The smallest absolute Gasteiger partial charge is 0.219 e. The lowest BCUT2D eigenvalue weighted by atomic mass is 9.96. The van der Waals surface area contributed by atoms with Crippen LogP contribution in [0.2, 0.25) is 0 Å². The number of carbonyl (C=O) groups excluding carboxylic acids is 1. The molecule has 2 aromatic rings. The number of aromatic nitrogens is 2. The number of amides is 1. The largest absolute Gasteiger partial charge is 0.342 e. The van der Waals surface area contributed by atoms with Crippen LogP contribution in [0.4, 0.5) is 4.39 Å². The summed E-state index contributed by atoms with van der Waals surface area (Å²) in [6.07, 6.45) is 5.86. The Labute approximate surface area is 172 Å². The summed E-state index contributed by atoms with van der Waals surface area (Å²) >= 11 is 0. The summed E-state index contributed by atoms with van der Waals surface area (Å²) in [5.41, 5.74) is 3.51. The van der Waals surface area contributed by atoms with E-state index in [1.54, 1.807) is 6.92 Å². The van der Waals surface area contributed by atoms with Gasteiger partial charge in [0.1, 0.15) is 11.6 Å². The minimum atomic E-state index is -0.189. The minimum absolute atomic E-state index is 0.137. The number of carbonyl (C=O) groups is 1. The first-order valence-electron chi connectivity index (χ1n) is 10.6. The standard InChI is InChI=1S/C23H29FN4O/c1-16(12-18-5-7-21(24)8-6-18)27-11-9-22-20(15-27)13-25-23(26-22)19-4-3-10-28(14-19)17(2)29/h5-8,13,16,19H,3-4,9-12,14-15H2,1-2H3/t16-,19-/m1/s1. The van der Waals surface area contributed by atoms with E-state index in [9.17, 15) is 9.18 Å². The second-order valence-electron chi connectivity index (χ2n) is 8.40. The fourth-order valence-corrected chi connectivity index (χ4v) is 4.49. The van der Waals surface area contributed by atoms with Gasteiger partial charge in [-0.2, -0.15) is 0 Å². The molecule has 0 saturated carbocycles. The summed E-state index contributed by atoms with van der Waals surface area (Å²) in [6, 6.07) is 7.17. The molecule has 0 bridgehead atoms. The Bertz CT molecular complexity index is 870. The first-order chi connectivity index (χ1) is 14.0. The maximum absolute atomic E-state index is 13.1. The van der Waals surface area contributed by atoms with Gasteiger partial charge >= 0.3 is 0 Å². The van der Waals surface area contributed by atoms with Gasteiger partial charge in [-0.05, 0) is 43.9 Å². The Morgan fingerprint density at radius 2 is 2.07 bits per heavy atom. The Hall–Kier alpha value is -2.34. The molecule has 1 amide bonds. The number of halogens is 1. The van der Waals surface area contributed by atoms with Crippen LogP contribution in [0.1, 0.15) is 55.3 Å². The average molecular weight is 397 g/mol. The van der Waals surface area contributed by atoms with Crippen LogP contribution in [0.25, 0.3) is 0 Å². The Kier molecular flexibility index (Phi) is 5.90. The zero-order chi connectivity index (χ0) is 20.4. The van der Waals surface area contributed by atoms with Crippen LogP contribution in [0.15, 0.2) is 30.5 Å². The molecule has 4 rings (SSSR count). The van der Waals surface area contributed by atoms with E-state index in [1.807, 2.05) is 23.2 Å². The summed E-state index contributed by atoms with van der Waals surface area (Å²) in [7, 11) is 0. The fraction of sp³-hybridized carbons (Fsp3) is 0.522. The third-order valence-electron chi connectivity index (χ3n) is 6.28. The molecule has 29 heavy (non-hydrogen) atoms. The second-order valence-corrected chi connectivity index (χ2v) is 8.40. The van der Waals surface area contributed by atoms with Crippen molar-refractivity contribution in [1.82, 2.24) is 19.8 Å². The maximum atomic E-state index is 13.1. The van der Waals surface area contributed by atoms with E-state index in [0.717, 1.165) is 68.9 Å². The number of piperidine rings is 1. The highest BCUT2D eigenvalue weighted by atomic mass is 19.1. The quantitative estimate of drug-likeness (QED) is 0.795. The zero-order valence-corrected chi connectivity index (χ0v) is 17.3. The molecular weight excluding hydrogens is 367 g/mol. The molecular formula is C23H29FN4O. The third kappa shape index (κ3) is 4.64. The normalized spacial score (nSPS) is 20.9. The molecule has 3 heterocycles. The van der Waals surface area contributed by atoms with E-state index >= 15 is 0 Å². The zero-order valence-electron chi connectivity index (χ0n) is 17.3. The van der Waals surface area contributed by atoms with Gasteiger partial charge in [-0.1, -0.05) is 12.1 Å². The van der Waals surface area contributed by atoms with Gasteiger partial charge in [0.05, 0.1) is 0 Å². The lowest BCUT2D eigenvalue weighted by Crippen LogP contribution is -2.40. The van der Waals surface area contributed by atoms with Crippen LogP contribution in [-0.2, 0) is 24.2 Å². The van der Waals surface area contributed by atoms with Crippen molar-refractivity contribution in [3.63, 3.8) is 0 Å². The third-order valence-corrected chi connectivity index (χ3v) is 6.28. The molecule has 0 radical (unpaired) electrons. The van der Waals surface area contributed by atoms with Gasteiger partial charge in [-0.25, -0.2) is 14.4 Å². The van der Waals surface area contributed by atoms with Gasteiger partial charge in [0, 0.05) is 68.9 Å². The highest BCUT2D eigenvalue weighted by Gasteiger charge is 2.27. The van der Waals surface area contributed by atoms with Crippen LogP contribution >= 0.6 is 0 Å². The van der Waals surface area contributed by atoms with Crippen LogP contribution in [-0.4, -0.2) is 51.4 Å². The van der Waals surface area contributed by atoms with Crippen molar-refractivity contribution in [3.05, 3.63) is 58.9 Å². The summed E-state index contributed by atoms with van der Waals surface area (Å²) in [6.45, 7) is 7.25. The molecule has 0 unspecified atom stereocenters. The Morgan fingerprint density at radius 3 is 2.83 bits per heavy atom. The number of hydrogen-bond donors (Lipinski definition) is 0. The van der Waals surface area contributed by atoms with Gasteiger partial charge < -0.3 is 4.90 Å². The van der Waals surface area contributed by atoms with E-state index in [1.165, 1.54) is 17.7 Å². The molecule has 1 aromatic carbocycles. The highest BCUT2D eigenvalue weighted by Crippen LogP contribution is 2.27. The van der Waals surface area contributed by atoms with Gasteiger partial charge in [0.2, 0.25) is 5.91 Å². The van der Waals surface area contributed by atoms with Gasteiger partial charge in [0.15, 0.2) is 0 Å². The SMILES string of the molecule is CC(=O)N1CCC[C@@H](c2ncc3c(n2)CCN([C@H](C)Cc2ccc(F)cc2)C3)C1. The molecule has 0 spiro atoms. The second kappa shape index (κ2) is 8.57. The van der Waals surface area contributed by atoms with E-state index in [4.69, 9.17) is 4.98 Å². The van der Waals surface area contributed by atoms with E-state index in [0.29, 0.717) is 6.04 Å². The summed E-state index contributed by atoms with van der Waals surface area (Å²) < 4.78 is 13.1. The van der Waals surface area contributed by atoms with Crippen molar-refractivity contribution in [2.75, 3.05) is 19.6 Å². The fourth-order valence-electron chi connectivity index (χ4n) is 4.49. The number of benzene rings is 1. The average Bonchev–Trinajstić information content (AvgIpc) is 2.74. The van der Waals surface area contributed by atoms with Crippen LogP contribution < -0.4 is 0 Å². The summed E-state index contributed by atoms with van der Waals surface area (Å²) in [5, 5.41) is 0. The lowest BCUT2D eigenvalue weighted by Gasteiger charge is -2.34. The first kappa shape index (κ1) is 20.0. The van der Waals surface area contributed by atoms with E-state index in [2.05, 4.69) is 16.8 Å². The van der Waals surface area contributed by atoms with Crippen molar-refractivity contribution in [1.29, 1.82) is 0 Å². The maximum Gasteiger partial charge on any atom is 0.219 e. The van der Waals surface area contributed by atoms with Crippen molar-refractivity contribution in [2.45, 2.75) is 58.0 Å². The minimum Gasteiger partial charge on any atom is -0.342 e. The Morgan fingerprint density at radius 1 is 1.28 bits per heavy atom. The monoisotopic (exact) mass is 396 g/mol. The molecule has 154 valence electrons. The molecule has 2 atom stereocenters. The molecule has 5 nitrogen and oxygen atoms in total. The number of likely N-dealkylation sites (tertiary alicyclic amines) is 1. The van der Waals surface area contributed by atoms with Gasteiger partial charge in [-0.3, -0.25) is 9.69 Å². The molecule has 1 fully saturated rings. The predicted octanol–water partition coefficient (Wildman–Crippen LogP) is 3.33. The number of rotatable bonds is 4. The molecule has 2 aliphatic rings. The van der Waals surface area contributed by atoms with E-state index < -0.39 is 0 Å². The summed E-state index contributed by atoms with van der Waals surface area (Å²) in [5.74, 6) is 1.08. The summed E-state index contributed by atoms with van der Waals surface area (Å²) in [4.78, 5) is 25.7. The molecule has 1 aromatic heterocycles. The first-order valence-corrected chi connectivity index (χ1v) is 10.6. The van der Waals surface area contributed by atoms with Crippen molar-refractivity contribution in [3.8, 4) is 0 Å². The number of nitrogens with zero attached hydrogens (tertiary/aromatic N) is 4. The number of fused-ring (bicyclic) bond motifs is 1. The molecule has 2 aliphatic heterocycles. The van der Waals surface area contributed by atoms with Crippen LogP contribution in [0.3, 0.4) is 0 Å². The lowest BCUT2D eigenvalue weighted by molar-refractivity contribution is -0.130. The van der Waals surface area contributed by atoms with E-state index in [-0.39, 0.29) is 17.6 Å². The predicted molar refractivity (Wildman–Crippen MR) is 110 cm³/mol. The Balaban J connectivity index is 1.41. The highest BCUT2D eigenvalue weighted by molar-refractivity contribution is 5.73. The molecule has 6 heteroatoms. The molecule has 1 saturated heterocycles. The number of hydrogen-bond acceptors (Lipinski definition) is 4. The van der Waals surface area contributed by atoms with Crippen molar-refractivity contribution < 1.29 is 9.18 Å². The van der Waals surface area contributed by atoms with Crippen LogP contribution in [0, 0.1) is 5.82 Å². The topological polar surface area (TPSA) is 49.3 Å². The molecule has 0 N–H and O–H groups in total. The van der Waals surface area contributed by atoms with Crippen LogP contribution in [0.5, 0.6) is 0 Å². The molecule has 0 aliphatic carbocycles. The van der Waals surface area contributed by atoms with Gasteiger partial charge in [0.25, 0.3) is 0 Å². The van der Waals surface area contributed by atoms with Gasteiger partial charge in [-0.15, -0.1) is 0 Å². The van der Waals surface area contributed by atoms with Crippen molar-refractivity contribution >= 4 is 5.91 Å². The van der Waals surface area contributed by atoms with Crippen molar-refractivity contribution in [2.24, 2.45) is 0 Å².